The number of nitrogens with zero attached hydrogens (tertiary/aromatic N) is 2. The molecular formula is C11H10ClFN2O2. The molecule has 0 aliphatic rings. The molecule has 1 N–H and O–H groups in total. The molecular weight excluding hydrogens is 247 g/mol. The van der Waals surface area contributed by atoms with E-state index < -0.39 is 17.8 Å². The van der Waals surface area contributed by atoms with Crippen LogP contribution < -0.4 is 0 Å². The van der Waals surface area contributed by atoms with E-state index in [4.69, 9.17) is 22.0 Å². The Balaban J connectivity index is 3.10. The lowest BCUT2D eigenvalue weighted by molar-refractivity contribution is -0.138. The first-order valence-corrected chi connectivity index (χ1v) is 5.10. The first-order valence-electron chi connectivity index (χ1n) is 4.73. The minimum absolute atomic E-state index is 0.000386. The average molecular weight is 257 g/mol. The van der Waals surface area contributed by atoms with Crippen LogP contribution in [-0.2, 0) is 4.79 Å². The summed E-state index contributed by atoms with van der Waals surface area (Å²) in [5, 5.41) is 17.7. The van der Waals surface area contributed by atoms with E-state index in [0.29, 0.717) is 0 Å². The molecule has 0 saturated heterocycles. The highest BCUT2D eigenvalue weighted by atomic mass is 35.5. The Morgan fingerprint density at radius 3 is 2.82 bits per heavy atom. The number of likely N-dealkylation sites (N-methyl/N-ethyl adjacent to an activating group) is 1. The molecule has 0 saturated carbocycles. The van der Waals surface area contributed by atoms with E-state index >= 15 is 0 Å². The number of rotatable bonds is 4. The Morgan fingerprint density at radius 1 is 1.71 bits per heavy atom. The SMILES string of the molecule is CN(CC(=O)O)C(C#N)c1c(F)cccc1Cl. The van der Waals surface area contributed by atoms with Gasteiger partial charge in [-0.2, -0.15) is 5.26 Å². The second kappa shape index (κ2) is 5.62. The van der Waals surface area contributed by atoms with E-state index in [1.807, 2.05) is 6.07 Å². The molecule has 90 valence electrons. The van der Waals surface area contributed by atoms with E-state index in [1.165, 1.54) is 30.1 Å². The van der Waals surface area contributed by atoms with Crippen molar-refractivity contribution in [1.29, 1.82) is 5.26 Å². The number of benzene rings is 1. The fraction of sp³-hybridized carbons (Fsp3) is 0.273. The minimum Gasteiger partial charge on any atom is -0.480 e. The average Bonchev–Trinajstić information content (AvgIpc) is 2.22. The number of hydrogen-bond donors (Lipinski definition) is 1. The van der Waals surface area contributed by atoms with Crippen LogP contribution in [0.4, 0.5) is 4.39 Å². The maximum absolute atomic E-state index is 13.6. The van der Waals surface area contributed by atoms with Crippen molar-refractivity contribution < 1.29 is 14.3 Å². The topological polar surface area (TPSA) is 64.3 Å². The Morgan fingerprint density at radius 2 is 2.35 bits per heavy atom. The van der Waals surface area contributed by atoms with Gasteiger partial charge in [-0.25, -0.2) is 4.39 Å². The fourth-order valence-electron chi connectivity index (χ4n) is 1.46. The standard InChI is InChI=1S/C11H10ClFN2O2/c1-15(6-10(16)17)9(5-14)11-7(12)3-2-4-8(11)13/h2-4,9H,6H2,1H3,(H,16,17). The van der Waals surface area contributed by atoms with Crippen LogP contribution in [0.1, 0.15) is 11.6 Å². The molecule has 0 fully saturated rings. The zero-order valence-electron chi connectivity index (χ0n) is 9.02. The van der Waals surface area contributed by atoms with E-state index in [0.717, 1.165) is 0 Å². The summed E-state index contributed by atoms with van der Waals surface area (Å²) in [7, 11) is 1.42. The number of aliphatic carboxylic acids is 1. The smallest absolute Gasteiger partial charge is 0.317 e. The summed E-state index contributed by atoms with van der Waals surface area (Å²) in [6.45, 7) is -0.372. The maximum atomic E-state index is 13.6. The summed E-state index contributed by atoms with van der Waals surface area (Å²) in [6, 6.07) is 4.88. The number of carboxylic acids is 1. The van der Waals surface area contributed by atoms with Gasteiger partial charge in [0.05, 0.1) is 12.6 Å². The molecule has 0 aliphatic heterocycles. The van der Waals surface area contributed by atoms with Gasteiger partial charge in [0.2, 0.25) is 0 Å². The molecule has 1 rings (SSSR count). The van der Waals surface area contributed by atoms with Crippen molar-refractivity contribution in [1.82, 2.24) is 4.90 Å². The van der Waals surface area contributed by atoms with Gasteiger partial charge >= 0.3 is 5.97 Å². The molecule has 1 aromatic carbocycles. The van der Waals surface area contributed by atoms with Crippen LogP contribution in [0.15, 0.2) is 18.2 Å². The lowest BCUT2D eigenvalue weighted by Gasteiger charge is -2.21. The van der Waals surface area contributed by atoms with Crippen LogP contribution in [0.3, 0.4) is 0 Å². The molecule has 0 spiro atoms. The van der Waals surface area contributed by atoms with E-state index in [1.54, 1.807) is 0 Å². The second-order valence-corrected chi connectivity index (χ2v) is 3.88. The lowest BCUT2D eigenvalue weighted by Crippen LogP contribution is -2.30. The van der Waals surface area contributed by atoms with Crippen LogP contribution in [0.2, 0.25) is 5.02 Å². The highest BCUT2D eigenvalue weighted by molar-refractivity contribution is 6.31. The Bertz CT molecular complexity index is 453. The number of carboxylic acid groups (broad SMARTS) is 1. The molecule has 0 radical (unpaired) electrons. The number of carbonyl (C=O) groups is 1. The summed E-state index contributed by atoms with van der Waals surface area (Å²) in [5.74, 6) is -1.72. The van der Waals surface area contributed by atoms with Gasteiger partial charge in [0.25, 0.3) is 0 Å². The van der Waals surface area contributed by atoms with Crippen LogP contribution in [0, 0.1) is 17.1 Å². The fourth-order valence-corrected chi connectivity index (χ4v) is 1.73. The molecule has 17 heavy (non-hydrogen) atoms. The predicted octanol–water partition coefficient (Wildman–Crippen LogP) is 2.06. The zero-order valence-corrected chi connectivity index (χ0v) is 9.78. The molecule has 0 aliphatic carbocycles. The maximum Gasteiger partial charge on any atom is 0.317 e. The summed E-state index contributed by atoms with van der Waals surface area (Å²) in [4.78, 5) is 11.8. The molecule has 0 aromatic heterocycles. The van der Waals surface area contributed by atoms with Crippen molar-refractivity contribution in [2.24, 2.45) is 0 Å². The van der Waals surface area contributed by atoms with Gasteiger partial charge < -0.3 is 5.11 Å². The van der Waals surface area contributed by atoms with E-state index in [9.17, 15) is 9.18 Å². The van der Waals surface area contributed by atoms with Crippen molar-refractivity contribution in [2.45, 2.75) is 6.04 Å². The highest BCUT2D eigenvalue weighted by Gasteiger charge is 2.24. The lowest BCUT2D eigenvalue weighted by atomic mass is 10.1. The molecule has 4 nitrogen and oxygen atoms in total. The van der Waals surface area contributed by atoms with Gasteiger partial charge in [-0.05, 0) is 19.2 Å². The number of nitriles is 1. The van der Waals surface area contributed by atoms with Crippen molar-refractivity contribution in [2.75, 3.05) is 13.6 Å². The predicted molar refractivity (Wildman–Crippen MR) is 60.0 cm³/mol. The zero-order chi connectivity index (χ0) is 13.0. The van der Waals surface area contributed by atoms with Gasteiger partial charge in [-0.15, -0.1) is 0 Å². The quantitative estimate of drug-likeness (QED) is 0.896. The molecule has 0 bridgehead atoms. The molecule has 1 atom stereocenters. The second-order valence-electron chi connectivity index (χ2n) is 3.48. The van der Waals surface area contributed by atoms with E-state index in [-0.39, 0.29) is 17.1 Å². The first kappa shape index (κ1) is 13.4. The van der Waals surface area contributed by atoms with Crippen LogP contribution in [-0.4, -0.2) is 29.6 Å². The molecule has 6 heteroatoms. The van der Waals surface area contributed by atoms with Crippen molar-refractivity contribution in [3.05, 3.63) is 34.6 Å². The summed E-state index contributed by atoms with van der Waals surface area (Å²) in [5.41, 5.74) is 0.000386. The number of hydrogen-bond acceptors (Lipinski definition) is 3. The molecule has 1 unspecified atom stereocenters. The van der Waals surface area contributed by atoms with Crippen molar-refractivity contribution >= 4 is 17.6 Å². The first-order chi connectivity index (χ1) is 7.97. The van der Waals surface area contributed by atoms with Crippen LogP contribution in [0.5, 0.6) is 0 Å². The Kier molecular flexibility index (Phi) is 4.44. The Labute approximate surface area is 103 Å². The third-order valence-electron chi connectivity index (χ3n) is 2.22. The minimum atomic E-state index is -1.10. The molecule has 1 aromatic rings. The normalized spacial score (nSPS) is 12.2. The molecule has 0 amide bonds. The number of halogens is 2. The van der Waals surface area contributed by atoms with Crippen LogP contribution in [0.25, 0.3) is 0 Å². The molecule has 0 heterocycles. The largest absolute Gasteiger partial charge is 0.480 e. The van der Waals surface area contributed by atoms with Gasteiger partial charge in [-0.3, -0.25) is 9.69 Å². The summed E-state index contributed by atoms with van der Waals surface area (Å²) in [6.07, 6.45) is 0. The van der Waals surface area contributed by atoms with Gasteiger partial charge in [0, 0.05) is 10.6 Å². The van der Waals surface area contributed by atoms with Crippen molar-refractivity contribution in [3.63, 3.8) is 0 Å². The van der Waals surface area contributed by atoms with Gasteiger partial charge in [0.1, 0.15) is 11.9 Å². The summed E-state index contributed by atoms with van der Waals surface area (Å²) >= 11 is 5.82. The third-order valence-corrected chi connectivity index (χ3v) is 2.55. The summed E-state index contributed by atoms with van der Waals surface area (Å²) < 4.78 is 13.6. The van der Waals surface area contributed by atoms with E-state index in [2.05, 4.69) is 0 Å². The van der Waals surface area contributed by atoms with Gasteiger partial charge in [0.15, 0.2) is 0 Å². The third kappa shape index (κ3) is 3.16. The van der Waals surface area contributed by atoms with Crippen LogP contribution >= 0.6 is 11.6 Å². The Hall–Kier alpha value is -1.64. The monoisotopic (exact) mass is 256 g/mol. The van der Waals surface area contributed by atoms with Crippen molar-refractivity contribution in [3.8, 4) is 6.07 Å². The van der Waals surface area contributed by atoms with Gasteiger partial charge in [-0.1, -0.05) is 17.7 Å². The highest BCUT2D eigenvalue weighted by Crippen LogP contribution is 2.28.